The van der Waals surface area contributed by atoms with Gasteiger partial charge in [0.05, 0.1) is 10.9 Å². The van der Waals surface area contributed by atoms with Gasteiger partial charge in [-0.3, -0.25) is 0 Å². The van der Waals surface area contributed by atoms with Crippen LogP contribution in [-0.4, -0.2) is 73.5 Å². The summed E-state index contributed by atoms with van der Waals surface area (Å²) in [6.07, 6.45) is -2.46. The third-order valence-corrected chi connectivity index (χ3v) is 5.00. The van der Waals surface area contributed by atoms with Gasteiger partial charge >= 0.3 is 11.9 Å². The van der Waals surface area contributed by atoms with Crippen LogP contribution in [-0.2, 0) is 9.59 Å². The Morgan fingerprint density at radius 2 is 1.58 bits per heavy atom. The van der Waals surface area contributed by atoms with Crippen LogP contribution in [0.15, 0.2) is 48.5 Å². The van der Waals surface area contributed by atoms with Gasteiger partial charge < -0.3 is 30.5 Å². The van der Waals surface area contributed by atoms with Crippen LogP contribution in [0.4, 0.5) is 4.39 Å². The average molecular weight is 461 g/mol. The number of piperidine rings is 1. The number of aromatic nitrogens is 2. The summed E-state index contributed by atoms with van der Waals surface area (Å²) in [5, 5.41) is 41.3. The normalized spacial score (nSPS) is 15.8. The van der Waals surface area contributed by atoms with Crippen LogP contribution >= 0.6 is 0 Å². The van der Waals surface area contributed by atoms with Crippen LogP contribution in [0.25, 0.3) is 16.6 Å². The van der Waals surface area contributed by atoms with E-state index in [-0.39, 0.29) is 11.9 Å². The van der Waals surface area contributed by atoms with E-state index in [4.69, 9.17) is 25.2 Å². The Hall–Kier alpha value is -3.54. The van der Waals surface area contributed by atoms with Gasteiger partial charge in [0.2, 0.25) is 5.88 Å². The number of nitrogens with zero attached hydrogens (tertiary/aromatic N) is 2. The van der Waals surface area contributed by atoms with E-state index >= 15 is 0 Å². The maximum absolute atomic E-state index is 14.2. The van der Waals surface area contributed by atoms with E-state index in [1.165, 1.54) is 6.07 Å². The van der Waals surface area contributed by atoms with Crippen molar-refractivity contribution in [3.8, 4) is 11.6 Å². The molecule has 0 saturated carbocycles. The van der Waals surface area contributed by atoms with Crippen LogP contribution in [0.2, 0.25) is 0 Å². The maximum Gasteiger partial charge on any atom is 0.335 e. The summed E-state index contributed by atoms with van der Waals surface area (Å²) in [6, 6.07) is 14.4. The molecular weight excluding hydrogens is 437 g/mol. The van der Waals surface area contributed by atoms with Crippen molar-refractivity contribution in [1.82, 2.24) is 15.1 Å². The molecule has 1 saturated heterocycles. The van der Waals surface area contributed by atoms with Crippen LogP contribution < -0.4 is 10.1 Å². The van der Waals surface area contributed by atoms with Crippen molar-refractivity contribution in [2.24, 2.45) is 0 Å². The van der Waals surface area contributed by atoms with E-state index in [2.05, 4.69) is 10.4 Å². The number of aliphatic hydroxyl groups is 2. The number of ether oxygens (including phenoxy) is 1. The zero-order valence-electron chi connectivity index (χ0n) is 17.5. The minimum Gasteiger partial charge on any atom is -0.479 e. The molecule has 1 aliphatic heterocycles. The molecule has 3 aromatic rings. The van der Waals surface area contributed by atoms with Gasteiger partial charge in [0.1, 0.15) is 17.6 Å². The fourth-order valence-corrected chi connectivity index (χ4v) is 3.27. The van der Waals surface area contributed by atoms with Crippen molar-refractivity contribution in [3.05, 3.63) is 54.3 Å². The molecule has 0 unspecified atom stereocenters. The molecule has 1 aromatic heterocycles. The quantitative estimate of drug-likeness (QED) is 0.364. The standard InChI is InChI=1S/C18H18FN3O.C4H6O6/c19-15-6-2-4-8-17(15)22-16-7-3-1-5-14(16)18(21-22)23-13-9-11-20-12-10-13;5-1(3(7)8)2(6)4(9)10/h1-8,13,20H,9-12H2;1-2,5-6H,(H,7,8)(H,9,10)/t;1-,2-/m.1/s1. The Kier molecular flexibility index (Phi) is 7.93. The highest BCUT2D eigenvalue weighted by molar-refractivity contribution is 5.86. The second-order valence-corrected chi connectivity index (χ2v) is 7.32. The zero-order chi connectivity index (χ0) is 24.0. The van der Waals surface area contributed by atoms with Crippen LogP contribution in [0, 0.1) is 5.82 Å². The molecule has 2 atom stereocenters. The topological polar surface area (TPSA) is 154 Å². The van der Waals surface area contributed by atoms with Crippen LogP contribution in [0.1, 0.15) is 12.8 Å². The molecule has 0 amide bonds. The third-order valence-electron chi connectivity index (χ3n) is 5.00. The molecule has 2 aromatic carbocycles. The first kappa shape index (κ1) is 24.1. The molecule has 5 N–H and O–H groups in total. The highest BCUT2D eigenvalue weighted by Crippen LogP contribution is 2.29. The number of hydrogen-bond acceptors (Lipinski definition) is 7. The van der Waals surface area contributed by atoms with Crippen molar-refractivity contribution in [3.63, 3.8) is 0 Å². The lowest BCUT2D eigenvalue weighted by molar-refractivity contribution is -0.165. The van der Waals surface area contributed by atoms with Crippen molar-refractivity contribution in [1.29, 1.82) is 0 Å². The van der Waals surface area contributed by atoms with Gasteiger partial charge in [-0.25, -0.2) is 18.7 Å². The summed E-state index contributed by atoms with van der Waals surface area (Å²) < 4.78 is 21.9. The fourth-order valence-electron chi connectivity index (χ4n) is 3.27. The lowest BCUT2D eigenvalue weighted by atomic mass is 10.1. The minimum atomic E-state index is -2.27. The average Bonchev–Trinajstić information content (AvgIpc) is 3.17. The molecular formula is C22H24FN3O7. The number of para-hydroxylation sites is 2. The molecule has 1 fully saturated rings. The van der Waals surface area contributed by atoms with Crippen molar-refractivity contribution in [2.75, 3.05) is 13.1 Å². The van der Waals surface area contributed by atoms with E-state index in [0.29, 0.717) is 11.6 Å². The smallest absolute Gasteiger partial charge is 0.335 e. The van der Waals surface area contributed by atoms with E-state index in [0.717, 1.165) is 36.8 Å². The molecule has 4 rings (SSSR count). The van der Waals surface area contributed by atoms with Gasteiger partial charge in [0.25, 0.3) is 0 Å². The number of nitrogens with one attached hydrogen (secondary N) is 1. The number of carboxylic acid groups (broad SMARTS) is 2. The number of carbonyl (C=O) groups is 2. The molecule has 176 valence electrons. The molecule has 11 heteroatoms. The number of rotatable bonds is 6. The lowest BCUT2D eigenvalue weighted by Gasteiger charge is -2.22. The zero-order valence-corrected chi connectivity index (χ0v) is 17.5. The molecule has 0 bridgehead atoms. The second kappa shape index (κ2) is 10.9. The summed E-state index contributed by atoms with van der Waals surface area (Å²) in [6.45, 7) is 1.91. The molecule has 2 heterocycles. The number of aliphatic carboxylic acids is 2. The minimum absolute atomic E-state index is 0.156. The number of hydrogen-bond donors (Lipinski definition) is 5. The summed E-state index contributed by atoms with van der Waals surface area (Å²) in [5.41, 5.74) is 1.28. The molecule has 10 nitrogen and oxygen atoms in total. The maximum atomic E-state index is 14.2. The van der Waals surface area contributed by atoms with E-state index in [1.807, 2.05) is 30.3 Å². The van der Waals surface area contributed by atoms with Crippen LogP contribution in [0.5, 0.6) is 5.88 Å². The van der Waals surface area contributed by atoms with Gasteiger partial charge in [-0.05, 0) is 50.2 Å². The largest absolute Gasteiger partial charge is 0.479 e. The molecule has 0 radical (unpaired) electrons. The van der Waals surface area contributed by atoms with Gasteiger partial charge in [0.15, 0.2) is 12.2 Å². The summed E-state index contributed by atoms with van der Waals surface area (Å²) in [7, 11) is 0. The Balaban J connectivity index is 0.000000262. The Bertz CT molecular complexity index is 1100. The predicted octanol–water partition coefficient (Wildman–Crippen LogP) is 1.17. The number of halogens is 1. The molecule has 1 aliphatic rings. The first-order valence-corrected chi connectivity index (χ1v) is 10.2. The monoisotopic (exact) mass is 461 g/mol. The van der Waals surface area contributed by atoms with Gasteiger partial charge in [-0.15, -0.1) is 5.10 Å². The number of benzene rings is 2. The van der Waals surface area contributed by atoms with Crippen molar-refractivity contribution < 1.29 is 39.1 Å². The number of aliphatic hydroxyl groups excluding tert-OH is 2. The van der Waals surface area contributed by atoms with Gasteiger partial charge in [0, 0.05) is 0 Å². The van der Waals surface area contributed by atoms with Gasteiger partial charge in [-0.2, -0.15) is 0 Å². The third kappa shape index (κ3) is 5.83. The van der Waals surface area contributed by atoms with E-state index in [9.17, 15) is 14.0 Å². The van der Waals surface area contributed by atoms with Crippen LogP contribution in [0.3, 0.4) is 0 Å². The Morgan fingerprint density at radius 3 is 2.18 bits per heavy atom. The van der Waals surface area contributed by atoms with Crippen molar-refractivity contribution in [2.45, 2.75) is 31.2 Å². The molecule has 0 aliphatic carbocycles. The Labute approximate surface area is 187 Å². The summed E-state index contributed by atoms with van der Waals surface area (Å²) >= 11 is 0. The second-order valence-electron chi connectivity index (χ2n) is 7.32. The fraction of sp³-hybridized carbons (Fsp3) is 0.318. The first-order valence-electron chi connectivity index (χ1n) is 10.2. The summed E-state index contributed by atoms with van der Waals surface area (Å²) in [4.78, 5) is 19.5. The number of fused-ring (bicyclic) bond motifs is 1. The SMILES string of the molecule is Fc1ccccc1-n1nc(OC2CCNCC2)c2ccccc21.O=C(O)[C@H](O)[C@@H](O)C(=O)O. The summed E-state index contributed by atoms with van der Waals surface area (Å²) in [5.74, 6) is -3.25. The first-order chi connectivity index (χ1) is 15.8. The molecule has 33 heavy (non-hydrogen) atoms. The highest BCUT2D eigenvalue weighted by atomic mass is 19.1. The Morgan fingerprint density at radius 1 is 1.00 bits per heavy atom. The van der Waals surface area contributed by atoms with Crippen molar-refractivity contribution >= 4 is 22.8 Å². The van der Waals surface area contributed by atoms with E-state index in [1.54, 1.807) is 16.8 Å². The lowest BCUT2D eigenvalue weighted by Crippen LogP contribution is -2.39. The number of carboxylic acids is 2. The van der Waals surface area contributed by atoms with E-state index < -0.39 is 24.1 Å². The van der Waals surface area contributed by atoms with Gasteiger partial charge in [-0.1, -0.05) is 24.3 Å². The predicted molar refractivity (Wildman–Crippen MR) is 115 cm³/mol. The molecule has 0 spiro atoms. The highest BCUT2D eigenvalue weighted by Gasteiger charge is 2.29.